The van der Waals surface area contributed by atoms with Gasteiger partial charge in [0.1, 0.15) is 11.3 Å². The Labute approximate surface area is 163 Å². The lowest BCUT2D eigenvalue weighted by Gasteiger charge is -2.11. The van der Waals surface area contributed by atoms with E-state index in [1.165, 1.54) is 6.07 Å². The van der Waals surface area contributed by atoms with E-state index in [1.807, 2.05) is 39.3 Å². The fourth-order valence-corrected chi connectivity index (χ4v) is 3.24. The zero-order valence-corrected chi connectivity index (χ0v) is 16.8. The molecule has 2 aromatic heterocycles. The van der Waals surface area contributed by atoms with E-state index in [0.717, 1.165) is 23.5 Å². The summed E-state index contributed by atoms with van der Waals surface area (Å²) in [7, 11) is 0. The summed E-state index contributed by atoms with van der Waals surface area (Å²) in [5.41, 5.74) is 2.91. The van der Waals surface area contributed by atoms with Crippen molar-refractivity contribution >= 4 is 16.9 Å². The maximum atomic E-state index is 12.8. The number of hydrogen-bond donors (Lipinski definition) is 1. The van der Waals surface area contributed by atoms with Crippen LogP contribution in [0.2, 0.25) is 0 Å². The first-order valence-electron chi connectivity index (χ1n) is 9.35. The second kappa shape index (κ2) is 7.88. The van der Waals surface area contributed by atoms with Gasteiger partial charge in [-0.05, 0) is 46.8 Å². The molecule has 0 bridgehead atoms. The summed E-state index contributed by atoms with van der Waals surface area (Å²) < 4.78 is 12.8. The summed E-state index contributed by atoms with van der Waals surface area (Å²) in [6.07, 6.45) is -0.00818. The SMILES string of the molecule is CCn1nc(C)c(CNC(=O)c2cc(=O)oc3cc(OC(C)C)ccc23)c1C. The topological polar surface area (TPSA) is 86.4 Å². The second-order valence-electron chi connectivity index (χ2n) is 6.95. The fraction of sp³-hybridized carbons (Fsp3) is 0.381. The number of nitrogens with zero attached hydrogens (tertiary/aromatic N) is 2. The molecule has 148 valence electrons. The van der Waals surface area contributed by atoms with Crippen molar-refractivity contribution in [2.45, 2.75) is 53.8 Å². The molecule has 0 atom stereocenters. The van der Waals surface area contributed by atoms with Gasteiger partial charge in [0.15, 0.2) is 0 Å². The molecule has 0 radical (unpaired) electrons. The van der Waals surface area contributed by atoms with Crippen LogP contribution in [0.25, 0.3) is 11.0 Å². The molecule has 3 rings (SSSR count). The van der Waals surface area contributed by atoms with Gasteiger partial charge in [-0.2, -0.15) is 5.10 Å². The molecule has 0 aliphatic rings. The van der Waals surface area contributed by atoms with Gasteiger partial charge in [0, 0.05) is 41.9 Å². The summed E-state index contributed by atoms with van der Waals surface area (Å²) in [5, 5.41) is 7.92. The number of benzene rings is 1. The normalized spacial score (nSPS) is 11.2. The molecule has 1 N–H and O–H groups in total. The van der Waals surface area contributed by atoms with Crippen molar-refractivity contribution in [1.82, 2.24) is 15.1 Å². The van der Waals surface area contributed by atoms with Gasteiger partial charge >= 0.3 is 5.63 Å². The third-order valence-electron chi connectivity index (χ3n) is 4.59. The highest BCUT2D eigenvalue weighted by Gasteiger charge is 2.16. The molecule has 0 aliphatic heterocycles. The number of carbonyl (C=O) groups excluding carboxylic acids is 1. The van der Waals surface area contributed by atoms with Crippen LogP contribution >= 0.6 is 0 Å². The molecule has 0 fully saturated rings. The van der Waals surface area contributed by atoms with Crippen LogP contribution in [0.15, 0.2) is 33.5 Å². The number of aryl methyl sites for hydroxylation is 2. The highest BCUT2D eigenvalue weighted by molar-refractivity contribution is 6.05. The minimum atomic E-state index is -0.578. The van der Waals surface area contributed by atoms with Crippen LogP contribution in [0.5, 0.6) is 5.75 Å². The van der Waals surface area contributed by atoms with Crippen LogP contribution in [0.4, 0.5) is 0 Å². The van der Waals surface area contributed by atoms with Crippen LogP contribution in [0.1, 0.15) is 48.1 Å². The average molecular weight is 383 g/mol. The molecular weight excluding hydrogens is 358 g/mol. The molecular formula is C21H25N3O4. The summed E-state index contributed by atoms with van der Waals surface area (Å²) >= 11 is 0. The van der Waals surface area contributed by atoms with Gasteiger partial charge in [-0.25, -0.2) is 4.79 Å². The van der Waals surface area contributed by atoms with E-state index in [-0.39, 0.29) is 17.6 Å². The maximum Gasteiger partial charge on any atom is 0.337 e. The minimum absolute atomic E-state index is 0.00818. The van der Waals surface area contributed by atoms with Crippen LogP contribution in [0, 0.1) is 13.8 Å². The highest BCUT2D eigenvalue weighted by atomic mass is 16.5. The number of amides is 1. The highest BCUT2D eigenvalue weighted by Crippen LogP contribution is 2.23. The smallest absolute Gasteiger partial charge is 0.337 e. The molecule has 0 unspecified atom stereocenters. The number of nitrogens with one attached hydrogen (secondary N) is 1. The van der Waals surface area contributed by atoms with E-state index < -0.39 is 5.63 Å². The number of fused-ring (bicyclic) bond motifs is 1. The lowest BCUT2D eigenvalue weighted by molar-refractivity contribution is 0.0952. The monoisotopic (exact) mass is 383 g/mol. The Morgan fingerprint density at radius 2 is 2.04 bits per heavy atom. The Kier molecular flexibility index (Phi) is 5.53. The molecule has 2 heterocycles. The minimum Gasteiger partial charge on any atom is -0.491 e. The van der Waals surface area contributed by atoms with Gasteiger partial charge in [-0.1, -0.05) is 0 Å². The Balaban J connectivity index is 1.89. The first-order chi connectivity index (χ1) is 13.3. The molecule has 3 aromatic rings. The number of ether oxygens (including phenoxy) is 1. The van der Waals surface area contributed by atoms with Gasteiger partial charge in [0.2, 0.25) is 0 Å². The third-order valence-corrected chi connectivity index (χ3v) is 4.59. The van der Waals surface area contributed by atoms with Crippen molar-refractivity contribution in [3.05, 3.63) is 57.2 Å². The lowest BCUT2D eigenvalue weighted by Crippen LogP contribution is -2.24. The largest absolute Gasteiger partial charge is 0.491 e. The number of rotatable bonds is 6. The van der Waals surface area contributed by atoms with Crippen molar-refractivity contribution in [3.63, 3.8) is 0 Å². The van der Waals surface area contributed by atoms with E-state index in [9.17, 15) is 9.59 Å². The number of aromatic nitrogens is 2. The molecule has 1 amide bonds. The Bertz CT molecular complexity index is 1080. The van der Waals surface area contributed by atoms with Crippen LogP contribution < -0.4 is 15.7 Å². The molecule has 7 nitrogen and oxygen atoms in total. The first kappa shape index (κ1) is 19.7. The first-order valence-corrected chi connectivity index (χ1v) is 9.35. The molecule has 0 aliphatic carbocycles. The quantitative estimate of drug-likeness (QED) is 0.660. The van der Waals surface area contributed by atoms with Crippen LogP contribution in [-0.2, 0) is 13.1 Å². The number of carbonyl (C=O) groups is 1. The Hall–Kier alpha value is -3.09. The maximum absolute atomic E-state index is 12.8. The van der Waals surface area contributed by atoms with Crippen molar-refractivity contribution < 1.29 is 13.9 Å². The van der Waals surface area contributed by atoms with E-state index in [1.54, 1.807) is 18.2 Å². The predicted molar refractivity (Wildman–Crippen MR) is 107 cm³/mol. The van der Waals surface area contributed by atoms with E-state index in [4.69, 9.17) is 9.15 Å². The van der Waals surface area contributed by atoms with Gasteiger partial charge < -0.3 is 14.5 Å². The van der Waals surface area contributed by atoms with E-state index in [0.29, 0.717) is 23.3 Å². The van der Waals surface area contributed by atoms with E-state index in [2.05, 4.69) is 10.4 Å². The van der Waals surface area contributed by atoms with Crippen LogP contribution in [-0.4, -0.2) is 21.8 Å². The lowest BCUT2D eigenvalue weighted by atomic mass is 10.1. The van der Waals surface area contributed by atoms with Gasteiger partial charge in [-0.15, -0.1) is 0 Å². The van der Waals surface area contributed by atoms with Crippen molar-refractivity contribution in [2.24, 2.45) is 0 Å². The molecule has 0 spiro atoms. The third kappa shape index (κ3) is 3.93. The fourth-order valence-electron chi connectivity index (χ4n) is 3.24. The van der Waals surface area contributed by atoms with Gasteiger partial charge in [-0.3, -0.25) is 9.48 Å². The molecule has 7 heteroatoms. The Morgan fingerprint density at radius 1 is 1.29 bits per heavy atom. The average Bonchev–Trinajstić information content (AvgIpc) is 2.91. The number of hydrogen-bond acceptors (Lipinski definition) is 5. The summed E-state index contributed by atoms with van der Waals surface area (Å²) in [4.78, 5) is 24.8. The zero-order chi connectivity index (χ0) is 20.4. The summed E-state index contributed by atoms with van der Waals surface area (Å²) in [5.74, 6) is 0.250. The zero-order valence-electron chi connectivity index (χ0n) is 16.8. The van der Waals surface area contributed by atoms with Crippen LogP contribution in [0.3, 0.4) is 0 Å². The van der Waals surface area contributed by atoms with Crippen molar-refractivity contribution in [3.8, 4) is 5.75 Å². The molecule has 28 heavy (non-hydrogen) atoms. The molecule has 1 aromatic carbocycles. The van der Waals surface area contributed by atoms with E-state index >= 15 is 0 Å². The molecule has 0 saturated carbocycles. The van der Waals surface area contributed by atoms with Crippen molar-refractivity contribution in [1.29, 1.82) is 0 Å². The molecule has 0 saturated heterocycles. The Morgan fingerprint density at radius 3 is 2.68 bits per heavy atom. The van der Waals surface area contributed by atoms with Gasteiger partial charge in [0.05, 0.1) is 17.4 Å². The predicted octanol–water partition coefficient (Wildman–Crippen LogP) is 3.34. The van der Waals surface area contributed by atoms with Crippen molar-refractivity contribution in [2.75, 3.05) is 0 Å². The summed E-state index contributed by atoms with van der Waals surface area (Å²) in [6, 6.07) is 6.35. The summed E-state index contributed by atoms with van der Waals surface area (Å²) in [6.45, 7) is 10.9. The second-order valence-corrected chi connectivity index (χ2v) is 6.95. The standard InChI is InChI=1S/C21H25N3O4/c1-6-24-14(5)18(13(4)23-24)11-22-21(26)17-10-20(25)28-19-9-15(27-12(2)3)7-8-16(17)19/h7-10,12H,6,11H2,1-5H3,(H,22,26). The van der Waals surface area contributed by atoms with Gasteiger partial charge in [0.25, 0.3) is 5.91 Å².